The van der Waals surface area contributed by atoms with Crippen molar-refractivity contribution in [2.45, 2.75) is 25.3 Å². The highest BCUT2D eigenvalue weighted by Crippen LogP contribution is 2.27. The van der Waals surface area contributed by atoms with Gasteiger partial charge in [0.1, 0.15) is 5.54 Å². The van der Waals surface area contributed by atoms with E-state index in [0.717, 1.165) is 0 Å². The number of rotatable bonds is 2. The quantitative estimate of drug-likeness (QED) is 0.703. The van der Waals surface area contributed by atoms with Gasteiger partial charge < -0.3 is 10.0 Å². The van der Waals surface area contributed by atoms with Gasteiger partial charge in [0.25, 0.3) is 0 Å². The molecule has 5 nitrogen and oxygen atoms in total. The lowest BCUT2D eigenvalue weighted by Gasteiger charge is -2.42. The summed E-state index contributed by atoms with van der Waals surface area (Å²) in [6.45, 7) is 2.57. The first-order chi connectivity index (χ1) is 6.90. The molecule has 0 unspecified atom stereocenters. The fraction of sp³-hybridized carbons (Fsp3) is 0.800. The van der Waals surface area contributed by atoms with Gasteiger partial charge in [-0.1, -0.05) is 0 Å². The minimum absolute atomic E-state index is 0.0211. The smallest absolute Gasteiger partial charge is 0.324 e. The van der Waals surface area contributed by atoms with Gasteiger partial charge in [-0.25, -0.2) is 0 Å². The van der Waals surface area contributed by atoms with Crippen LogP contribution >= 0.6 is 0 Å². The van der Waals surface area contributed by atoms with E-state index < -0.39 is 11.5 Å². The molecule has 1 fully saturated rings. The average molecular weight is 214 g/mol. The molecular weight excluding hydrogens is 196 g/mol. The minimum Gasteiger partial charge on any atom is -0.480 e. The summed E-state index contributed by atoms with van der Waals surface area (Å²) in [5, 5.41) is 9.24. The fourth-order valence-electron chi connectivity index (χ4n) is 2.04. The minimum atomic E-state index is -0.800. The molecule has 5 heteroatoms. The van der Waals surface area contributed by atoms with Crippen LogP contribution in [0.25, 0.3) is 0 Å². The van der Waals surface area contributed by atoms with Crippen LogP contribution in [-0.4, -0.2) is 59.5 Å². The molecule has 0 aromatic rings. The maximum Gasteiger partial charge on any atom is 0.324 e. The van der Waals surface area contributed by atoms with E-state index in [0.29, 0.717) is 25.9 Å². The monoisotopic (exact) mass is 214 g/mol. The molecule has 15 heavy (non-hydrogen) atoms. The molecule has 0 aromatic carbocycles. The molecule has 1 N–H and O–H groups in total. The molecule has 1 heterocycles. The van der Waals surface area contributed by atoms with Crippen molar-refractivity contribution in [1.82, 2.24) is 9.80 Å². The Kier molecular flexibility index (Phi) is 3.34. The van der Waals surface area contributed by atoms with Crippen LogP contribution in [0, 0.1) is 0 Å². The van der Waals surface area contributed by atoms with Crippen molar-refractivity contribution in [3.05, 3.63) is 0 Å². The van der Waals surface area contributed by atoms with Crippen molar-refractivity contribution in [2.24, 2.45) is 0 Å². The molecule has 1 amide bonds. The van der Waals surface area contributed by atoms with Crippen LogP contribution < -0.4 is 0 Å². The number of carboxylic acid groups (broad SMARTS) is 1. The number of likely N-dealkylation sites (tertiary alicyclic amines) is 1. The van der Waals surface area contributed by atoms with Gasteiger partial charge in [0.2, 0.25) is 5.91 Å². The van der Waals surface area contributed by atoms with Gasteiger partial charge >= 0.3 is 5.97 Å². The third-order valence-electron chi connectivity index (χ3n) is 3.29. The largest absolute Gasteiger partial charge is 0.480 e. The van der Waals surface area contributed by atoms with Crippen LogP contribution in [0.2, 0.25) is 0 Å². The third-order valence-corrected chi connectivity index (χ3v) is 3.29. The Labute approximate surface area is 89.7 Å². The predicted molar refractivity (Wildman–Crippen MR) is 55.5 cm³/mol. The topological polar surface area (TPSA) is 60.9 Å². The summed E-state index contributed by atoms with van der Waals surface area (Å²) in [6.07, 6.45) is 0.990. The molecule has 1 rings (SSSR count). The molecule has 0 aromatic heterocycles. The first-order valence-corrected chi connectivity index (χ1v) is 5.06. The Morgan fingerprint density at radius 2 is 1.73 bits per heavy atom. The standard InChI is InChI=1S/C10H18N2O3/c1-8(13)12-6-4-10(5-7-12,9(14)15)11(2)3/h4-7H2,1-3H3,(H,14,15). The zero-order valence-electron chi connectivity index (χ0n) is 9.49. The van der Waals surface area contributed by atoms with E-state index in [1.165, 1.54) is 6.92 Å². The lowest BCUT2D eigenvalue weighted by atomic mass is 9.86. The zero-order chi connectivity index (χ0) is 11.6. The first kappa shape index (κ1) is 12.0. The molecule has 0 spiro atoms. The number of carbonyl (C=O) groups excluding carboxylic acids is 1. The van der Waals surface area contributed by atoms with Crippen molar-refractivity contribution in [2.75, 3.05) is 27.2 Å². The second-order valence-electron chi connectivity index (χ2n) is 4.24. The number of likely N-dealkylation sites (N-methyl/N-ethyl adjacent to an activating group) is 1. The maximum absolute atomic E-state index is 11.2. The van der Waals surface area contributed by atoms with E-state index in [-0.39, 0.29) is 5.91 Å². The van der Waals surface area contributed by atoms with Crippen LogP contribution in [0.3, 0.4) is 0 Å². The van der Waals surface area contributed by atoms with E-state index in [1.807, 2.05) is 0 Å². The lowest BCUT2D eigenvalue weighted by molar-refractivity contribution is -0.155. The van der Waals surface area contributed by atoms with Gasteiger partial charge in [-0.15, -0.1) is 0 Å². The number of piperidine rings is 1. The van der Waals surface area contributed by atoms with Crippen molar-refractivity contribution >= 4 is 11.9 Å². The van der Waals surface area contributed by atoms with E-state index in [1.54, 1.807) is 23.9 Å². The van der Waals surface area contributed by atoms with Crippen LogP contribution in [-0.2, 0) is 9.59 Å². The van der Waals surface area contributed by atoms with Crippen LogP contribution in [0.4, 0.5) is 0 Å². The summed E-state index contributed by atoms with van der Waals surface area (Å²) >= 11 is 0. The number of carbonyl (C=O) groups is 2. The summed E-state index contributed by atoms with van der Waals surface area (Å²) < 4.78 is 0. The second-order valence-corrected chi connectivity index (χ2v) is 4.24. The number of amides is 1. The van der Waals surface area contributed by atoms with Crippen molar-refractivity contribution in [3.63, 3.8) is 0 Å². The van der Waals surface area contributed by atoms with Crippen molar-refractivity contribution < 1.29 is 14.7 Å². The molecule has 1 aliphatic heterocycles. The van der Waals surface area contributed by atoms with Crippen LogP contribution in [0.1, 0.15) is 19.8 Å². The Morgan fingerprint density at radius 1 is 1.27 bits per heavy atom. The number of carboxylic acids is 1. The number of aliphatic carboxylic acids is 1. The normalized spacial score (nSPS) is 20.4. The highest BCUT2D eigenvalue weighted by molar-refractivity contribution is 5.80. The molecule has 0 radical (unpaired) electrons. The molecule has 0 saturated carbocycles. The van der Waals surface area contributed by atoms with Crippen LogP contribution in [0.5, 0.6) is 0 Å². The summed E-state index contributed by atoms with van der Waals surface area (Å²) in [5.74, 6) is -0.775. The zero-order valence-corrected chi connectivity index (χ0v) is 9.49. The molecular formula is C10H18N2O3. The van der Waals surface area contributed by atoms with Gasteiger partial charge in [0, 0.05) is 20.0 Å². The molecule has 0 aliphatic carbocycles. The molecule has 1 aliphatic rings. The van der Waals surface area contributed by atoms with Gasteiger partial charge in [0.05, 0.1) is 0 Å². The van der Waals surface area contributed by atoms with Crippen molar-refractivity contribution in [1.29, 1.82) is 0 Å². The summed E-state index contributed by atoms with van der Waals surface area (Å²) in [5.41, 5.74) is -0.800. The summed E-state index contributed by atoms with van der Waals surface area (Å²) in [6, 6.07) is 0. The van der Waals surface area contributed by atoms with Gasteiger partial charge in [0.15, 0.2) is 0 Å². The molecule has 0 bridgehead atoms. The fourth-order valence-corrected chi connectivity index (χ4v) is 2.04. The predicted octanol–water partition coefficient (Wildman–Crippen LogP) is 0.0137. The summed E-state index contributed by atoms with van der Waals surface area (Å²) in [7, 11) is 3.55. The lowest BCUT2D eigenvalue weighted by Crippen LogP contribution is -2.58. The number of nitrogens with zero attached hydrogens (tertiary/aromatic N) is 2. The molecule has 1 saturated heterocycles. The van der Waals surface area contributed by atoms with E-state index in [9.17, 15) is 14.7 Å². The molecule has 86 valence electrons. The molecule has 0 atom stereocenters. The highest BCUT2D eigenvalue weighted by Gasteiger charge is 2.43. The van der Waals surface area contributed by atoms with E-state index in [2.05, 4.69) is 0 Å². The highest BCUT2D eigenvalue weighted by atomic mass is 16.4. The third kappa shape index (κ3) is 2.12. The average Bonchev–Trinajstić information content (AvgIpc) is 2.17. The van der Waals surface area contributed by atoms with Gasteiger partial charge in [-0.2, -0.15) is 0 Å². The van der Waals surface area contributed by atoms with Gasteiger partial charge in [-0.3, -0.25) is 14.5 Å². The van der Waals surface area contributed by atoms with Gasteiger partial charge in [-0.05, 0) is 26.9 Å². The first-order valence-electron chi connectivity index (χ1n) is 5.06. The maximum atomic E-state index is 11.2. The SMILES string of the molecule is CC(=O)N1CCC(C(=O)O)(N(C)C)CC1. The van der Waals surface area contributed by atoms with Crippen LogP contribution in [0.15, 0.2) is 0 Å². The van der Waals surface area contributed by atoms with E-state index in [4.69, 9.17) is 0 Å². The summed E-state index contributed by atoms with van der Waals surface area (Å²) in [4.78, 5) is 25.8. The van der Waals surface area contributed by atoms with E-state index >= 15 is 0 Å². The van der Waals surface area contributed by atoms with Crippen molar-refractivity contribution in [3.8, 4) is 0 Å². The Morgan fingerprint density at radius 3 is 2.00 bits per heavy atom. The number of hydrogen-bond donors (Lipinski definition) is 1. The second kappa shape index (κ2) is 4.18. The Hall–Kier alpha value is -1.10. The Bertz CT molecular complexity index is 268. The number of hydrogen-bond acceptors (Lipinski definition) is 3. The Balaban J connectivity index is 2.74.